The summed E-state index contributed by atoms with van der Waals surface area (Å²) in [5.41, 5.74) is 2.64. The Morgan fingerprint density at radius 3 is 2.50 bits per heavy atom. The summed E-state index contributed by atoms with van der Waals surface area (Å²) < 4.78 is 37.3. The lowest BCUT2D eigenvalue weighted by molar-refractivity contribution is 0.257. The Morgan fingerprint density at radius 2 is 1.90 bits per heavy atom. The third-order valence-electron chi connectivity index (χ3n) is 5.01. The third-order valence-corrected chi connectivity index (χ3v) is 6.82. The lowest BCUT2D eigenvalue weighted by Gasteiger charge is -2.35. The van der Waals surface area contributed by atoms with E-state index in [0.29, 0.717) is 45.0 Å². The van der Waals surface area contributed by atoms with E-state index < -0.39 is 10.0 Å². The van der Waals surface area contributed by atoms with Crippen LogP contribution in [-0.4, -0.2) is 75.1 Å². The molecule has 0 radical (unpaired) electrons. The lowest BCUT2D eigenvalue weighted by Crippen LogP contribution is -2.54. The number of nitrogens with one attached hydrogen (secondary N) is 1. The van der Waals surface area contributed by atoms with Crippen LogP contribution < -0.4 is 10.1 Å². The van der Waals surface area contributed by atoms with Crippen molar-refractivity contribution in [2.45, 2.75) is 19.6 Å². The second-order valence-electron chi connectivity index (χ2n) is 7.18. The van der Waals surface area contributed by atoms with E-state index >= 15 is 0 Å². The molecule has 0 aliphatic carbocycles. The van der Waals surface area contributed by atoms with E-state index in [9.17, 15) is 8.42 Å². The molecule has 1 aliphatic rings. The number of aryl methyl sites for hydroxylation is 2. The van der Waals surface area contributed by atoms with Crippen molar-refractivity contribution >= 4 is 16.0 Å². The van der Waals surface area contributed by atoms with Gasteiger partial charge in [0, 0.05) is 39.3 Å². The summed E-state index contributed by atoms with van der Waals surface area (Å²) in [4.78, 5) is 6.38. The molecule has 0 bridgehead atoms. The zero-order valence-electron chi connectivity index (χ0n) is 17.7. The highest BCUT2D eigenvalue weighted by Crippen LogP contribution is 2.22. The van der Waals surface area contributed by atoms with Gasteiger partial charge < -0.3 is 19.5 Å². The summed E-state index contributed by atoms with van der Waals surface area (Å²) in [6, 6.07) is 7.65. The highest BCUT2D eigenvalue weighted by atomic mass is 32.2. The second kappa shape index (κ2) is 9.94. The van der Waals surface area contributed by atoms with Crippen molar-refractivity contribution in [2.24, 2.45) is 4.99 Å². The third kappa shape index (κ3) is 5.51. The fraction of sp³-hybridized carbons (Fsp3) is 0.500. The summed E-state index contributed by atoms with van der Waals surface area (Å²) in [7, 11) is -1.69. The van der Waals surface area contributed by atoms with E-state index in [2.05, 4.69) is 20.4 Å². The topological polar surface area (TPSA) is 100 Å². The van der Waals surface area contributed by atoms with Crippen LogP contribution in [0.25, 0.3) is 0 Å². The zero-order valence-corrected chi connectivity index (χ0v) is 18.5. The number of piperazine rings is 1. The molecule has 2 heterocycles. The quantitative estimate of drug-likeness (QED) is 0.398. The first kappa shape index (κ1) is 22.1. The molecule has 10 heteroatoms. The molecule has 1 fully saturated rings. The van der Waals surface area contributed by atoms with Crippen LogP contribution in [-0.2, 0) is 15.8 Å². The van der Waals surface area contributed by atoms with Crippen molar-refractivity contribution in [3.8, 4) is 5.75 Å². The number of hydrogen-bond donors (Lipinski definition) is 1. The molecule has 1 saturated heterocycles. The largest absolute Gasteiger partial charge is 0.491 e. The Morgan fingerprint density at radius 1 is 1.20 bits per heavy atom. The van der Waals surface area contributed by atoms with Gasteiger partial charge in [0.2, 0.25) is 10.0 Å². The molecule has 3 rings (SSSR count). The predicted molar refractivity (Wildman–Crippen MR) is 115 cm³/mol. The van der Waals surface area contributed by atoms with E-state index in [1.165, 1.54) is 10.6 Å². The highest BCUT2D eigenvalue weighted by Gasteiger charge is 2.28. The molecule has 0 amide bonds. The van der Waals surface area contributed by atoms with E-state index in [1.807, 2.05) is 32.0 Å². The molecule has 30 heavy (non-hydrogen) atoms. The van der Waals surface area contributed by atoms with Gasteiger partial charge >= 0.3 is 0 Å². The summed E-state index contributed by atoms with van der Waals surface area (Å²) in [6.07, 6.45) is 1.38. The molecule has 2 aromatic rings. The van der Waals surface area contributed by atoms with Crippen molar-refractivity contribution in [3.63, 3.8) is 0 Å². The van der Waals surface area contributed by atoms with Crippen molar-refractivity contribution < 1.29 is 17.7 Å². The number of aliphatic imine (C=N–C) groups is 1. The number of ether oxygens (including phenoxy) is 1. The number of aromatic nitrogens is 1. The number of hydrogen-bond acceptors (Lipinski definition) is 6. The number of benzene rings is 1. The fourth-order valence-corrected chi connectivity index (χ4v) is 4.87. The SMILES string of the molecule is CN=C(NCCOc1c(C)cccc1C)N1CCN(S(=O)(=O)Cc2ccon2)CC1. The van der Waals surface area contributed by atoms with Crippen LogP contribution in [0.3, 0.4) is 0 Å². The smallest absolute Gasteiger partial charge is 0.220 e. The molecule has 9 nitrogen and oxygen atoms in total. The van der Waals surface area contributed by atoms with Crippen molar-refractivity contribution in [1.82, 2.24) is 19.7 Å². The van der Waals surface area contributed by atoms with Crippen LogP contribution in [0.4, 0.5) is 0 Å². The molecule has 164 valence electrons. The summed E-state index contributed by atoms with van der Waals surface area (Å²) in [5, 5.41) is 6.99. The predicted octanol–water partition coefficient (Wildman–Crippen LogP) is 1.39. The number of para-hydroxylation sites is 1. The van der Waals surface area contributed by atoms with Gasteiger partial charge in [-0.05, 0) is 25.0 Å². The molecule has 0 spiro atoms. The Balaban J connectivity index is 1.46. The number of guanidine groups is 1. The Bertz CT molecular complexity index is 931. The average Bonchev–Trinajstić information content (AvgIpc) is 3.22. The van der Waals surface area contributed by atoms with Gasteiger partial charge in [0.1, 0.15) is 24.4 Å². The van der Waals surface area contributed by atoms with Crippen LogP contribution in [0, 0.1) is 13.8 Å². The minimum Gasteiger partial charge on any atom is -0.491 e. The van der Waals surface area contributed by atoms with E-state index in [-0.39, 0.29) is 5.75 Å². The first-order chi connectivity index (χ1) is 14.4. The molecule has 1 aromatic carbocycles. The molecule has 0 atom stereocenters. The van der Waals surface area contributed by atoms with E-state index in [1.54, 1.807) is 13.1 Å². The zero-order chi connectivity index (χ0) is 21.6. The van der Waals surface area contributed by atoms with E-state index in [4.69, 9.17) is 9.26 Å². The molecular weight excluding hydrogens is 406 g/mol. The highest BCUT2D eigenvalue weighted by molar-refractivity contribution is 7.88. The molecular formula is C20H29N5O4S. The maximum absolute atomic E-state index is 12.6. The first-order valence-electron chi connectivity index (χ1n) is 9.92. The molecule has 0 unspecified atom stereocenters. The van der Waals surface area contributed by atoms with Crippen LogP contribution in [0.2, 0.25) is 0 Å². The van der Waals surface area contributed by atoms with Gasteiger partial charge in [-0.15, -0.1) is 0 Å². The average molecular weight is 436 g/mol. The van der Waals surface area contributed by atoms with Crippen molar-refractivity contribution in [3.05, 3.63) is 47.3 Å². The summed E-state index contributed by atoms with van der Waals surface area (Å²) in [5.74, 6) is 1.51. The standard InChI is InChI=1S/C20H29N5O4S/c1-16-5-4-6-17(2)19(16)28-14-8-22-20(21-3)24-9-11-25(12-10-24)30(26,27)15-18-7-13-29-23-18/h4-7,13H,8-12,14-15H2,1-3H3,(H,21,22). The van der Waals surface area contributed by atoms with Crippen LogP contribution in [0.5, 0.6) is 5.75 Å². The van der Waals surface area contributed by atoms with Gasteiger partial charge in [-0.3, -0.25) is 4.99 Å². The number of rotatable bonds is 7. The normalized spacial score (nSPS) is 16.0. The summed E-state index contributed by atoms with van der Waals surface area (Å²) >= 11 is 0. The van der Waals surface area contributed by atoms with Gasteiger partial charge in [0.15, 0.2) is 5.96 Å². The molecule has 0 saturated carbocycles. The Labute approximate surface area is 177 Å². The Hall–Kier alpha value is -2.59. The van der Waals surface area contributed by atoms with Gasteiger partial charge in [0.05, 0.1) is 12.2 Å². The number of sulfonamides is 1. The van der Waals surface area contributed by atoms with Gasteiger partial charge in [-0.25, -0.2) is 8.42 Å². The van der Waals surface area contributed by atoms with Crippen LogP contribution in [0.1, 0.15) is 16.8 Å². The van der Waals surface area contributed by atoms with Gasteiger partial charge in [0.25, 0.3) is 0 Å². The monoisotopic (exact) mass is 435 g/mol. The van der Waals surface area contributed by atoms with Gasteiger partial charge in [-0.2, -0.15) is 4.31 Å². The molecule has 1 aromatic heterocycles. The molecule has 1 aliphatic heterocycles. The van der Waals surface area contributed by atoms with Crippen molar-refractivity contribution in [1.29, 1.82) is 0 Å². The lowest BCUT2D eigenvalue weighted by atomic mass is 10.1. The van der Waals surface area contributed by atoms with E-state index in [0.717, 1.165) is 22.8 Å². The first-order valence-corrected chi connectivity index (χ1v) is 11.5. The minimum atomic E-state index is -3.42. The second-order valence-corrected chi connectivity index (χ2v) is 9.15. The fourth-order valence-electron chi connectivity index (χ4n) is 3.44. The minimum absolute atomic E-state index is 0.147. The van der Waals surface area contributed by atoms with Gasteiger partial charge in [-0.1, -0.05) is 23.4 Å². The summed E-state index contributed by atoms with van der Waals surface area (Å²) in [6.45, 7) is 7.11. The van der Waals surface area contributed by atoms with Crippen LogP contribution >= 0.6 is 0 Å². The molecule has 1 N–H and O–H groups in total. The maximum Gasteiger partial charge on any atom is 0.220 e. The maximum atomic E-state index is 12.6. The van der Waals surface area contributed by atoms with Crippen LogP contribution in [0.15, 0.2) is 40.0 Å². The Kier molecular flexibility index (Phi) is 7.33. The number of nitrogens with zero attached hydrogens (tertiary/aromatic N) is 4. The van der Waals surface area contributed by atoms with Crippen molar-refractivity contribution in [2.75, 3.05) is 46.4 Å².